The van der Waals surface area contributed by atoms with E-state index in [9.17, 15) is 9.59 Å². The molecule has 0 atom stereocenters. The van der Waals surface area contributed by atoms with Gasteiger partial charge in [0.25, 0.3) is 0 Å². The third-order valence-corrected chi connectivity index (χ3v) is 3.82. The normalized spacial score (nSPS) is 10.4. The van der Waals surface area contributed by atoms with Crippen molar-refractivity contribution in [3.05, 3.63) is 22.7 Å². The molecule has 1 rings (SSSR count). The van der Waals surface area contributed by atoms with Crippen LogP contribution in [0.25, 0.3) is 0 Å². The van der Waals surface area contributed by atoms with Crippen LogP contribution < -0.4 is 16.4 Å². The van der Waals surface area contributed by atoms with Crippen LogP contribution in [-0.2, 0) is 4.79 Å². The number of imide groups is 1. The van der Waals surface area contributed by atoms with Gasteiger partial charge in [0.2, 0.25) is 5.91 Å². The number of halogens is 1. The summed E-state index contributed by atoms with van der Waals surface area (Å²) in [6.45, 7) is 4.49. The van der Waals surface area contributed by atoms with Gasteiger partial charge in [-0.2, -0.15) is 0 Å². The lowest BCUT2D eigenvalue weighted by atomic mass is 10.2. The molecule has 0 bridgehead atoms. The number of hydrogen-bond acceptors (Lipinski definition) is 4. The fraction of sp³-hybridized carbons (Fsp3) is 0.385. The smallest absolute Gasteiger partial charge is 0.321 e. The van der Waals surface area contributed by atoms with Crippen molar-refractivity contribution in [1.82, 2.24) is 10.6 Å². The molecule has 0 heterocycles. The van der Waals surface area contributed by atoms with Gasteiger partial charge in [0.05, 0.1) is 5.75 Å². The van der Waals surface area contributed by atoms with E-state index in [-0.39, 0.29) is 11.7 Å². The van der Waals surface area contributed by atoms with E-state index in [0.29, 0.717) is 18.2 Å². The average Bonchev–Trinajstić information content (AvgIpc) is 2.37. The van der Waals surface area contributed by atoms with Gasteiger partial charge in [-0.15, -0.1) is 11.8 Å². The number of nitrogens with one attached hydrogen (secondary N) is 2. The van der Waals surface area contributed by atoms with Crippen LogP contribution in [0.3, 0.4) is 0 Å². The van der Waals surface area contributed by atoms with E-state index in [0.717, 1.165) is 9.37 Å². The lowest BCUT2D eigenvalue weighted by molar-refractivity contribution is -0.117. The lowest BCUT2D eigenvalue weighted by Gasteiger charge is -2.09. The van der Waals surface area contributed by atoms with Gasteiger partial charge in [0.15, 0.2) is 0 Å². The molecule has 110 valence electrons. The molecule has 0 saturated carbocycles. The first-order valence-electron chi connectivity index (χ1n) is 6.14. The zero-order chi connectivity index (χ0) is 15.1. The van der Waals surface area contributed by atoms with Crippen LogP contribution in [0.2, 0.25) is 0 Å². The zero-order valence-corrected chi connectivity index (χ0v) is 13.8. The minimum absolute atomic E-state index is 0.135. The number of rotatable bonds is 5. The summed E-state index contributed by atoms with van der Waals surface area (Å²) in [5.41, 5.74) is 6.41. The molecule has 4 N–H and O–H groups in total. The number of nitrogens with two attached hydrogens (primary N) is 1. The van der Waals surface area contributed by atoms with Gasteiger partial charge in [-0.1, -0.05) is 29.8 Å². The van der Waals surface area contributed by atoms with E-state index in [4.69, 9.17) is 5.73 Å². The summed E-state index contributed by atoms with van der Waals surface area (Å²) in [6, 6.07) is 4.97. The van der Waals surface area contributed by atoms with Gasteiger partial charge in [-0.3, -0.25) is 10.1 Å². The number of amides is 3. The van der Waals surface area contributed by atoms with E-state index in [2.05, 4.69) is 26.6 Å². The fourth-order valence-electron chi connectivity index (χ4n) is 1.28. The molecule has 0 fully saturated rings. The van der Waals surface area contributed by atoms with Gasteiger partial charge >= 0.3 is 6.03 Å². The Hall–Kier alpha value is -1.21. The van der Waals surface area contributed by atoms with Crippen molar-refractivity contribution < 1.29 is 9.59 Å². The average molecular weight is 360 g/mol. The van der Waals surface area contributed by atoms with Crippen molar-refractivity contribution in [3.8, 4) is 0 Å². The summed E-state index contributed by atoms with van der Waals surface area (Å²) in [7, 11) is 0. The maximum absolute atomic E-state index is 11.6. The Morgan fingerprint density at radius 2 is 2.10 bits per heavy atom. The highest BCUT2D eigenvalue weighted by Gasteiger charge is 2.09. The third-order valence-electron chi connectivity index (χ3n) is 2.26. The molecule has 5 nitrogen and oxygen atoms in total. The lowest BCUT2D eigenvalue weighted by Crippen LogP contribution is -2.41. The largest absolute Gasteiger partial charge is 0.398 e. The first-order chi connectivity index (χ1) is 9.38. The second-order valence-electron chi connectivity index (χ2n) is 4.62. The summed E-state index contributed by atoms with van der Waals surface area (Å²) < 4.78 is 0.893. The molecule has 0 spiro atoms. The standard InChI is InChI=1S/C13H18BrN3O2S/c1-8(2)6-16-13(19)17-12(18)7-20-11-5-9(14)3-4-10(11)15/h3-5,8H,6-7,15H2,1-2H3,(H2,16,17,18,19). The van der Waals surface area contributed by atoms with Gasteiger partial charge < -0.3 is 11.1 Å². The molecule has 3 amide bonds. The Kier molecular flexibility index (Phi) is 6.87. The minimum atomic E-state index is -0.466. The highest BCUT2D eigenvalue weighted by Crippen LogP contribution is 2.27. The first-order valence-corrected chi connectivity index (χ1v) is 7.92. The Morgan fingerprint density at radius 3 is 2.75 bits per heavy atom. The number of nitrogen functional groups attached to an aromatic ring is 1. The summed E-state index contributed by atoms with van der Waals surface area (Å²) >= 11 is 4.63. The highest BCUT2D eigenvalue weighted by molar-refractivity contribution is 9.10. The first kappa shape index (κ1) is 16.8. The van der Waals surface area contributed by atoms with E-state index < -0.39 is 6.03 Å². The SMILES string of the molecule is CC(C)CNC(=O)NC(=O)CSc1cc(Br)ccc1N. The van der Waals surface area contributed by atoms with Gasteiger partial charge in [0.1, 0.15) is 0 Å². The molecule has 0 saturated heterocycles. The summed E-state index contributed by atoms with van der Waals surface area (Å²) in [6.07, 6.45) is 0. The monoisotopic (exact) mass is 359 g/mol. The molecule has 0 aliphatic heterocycles. The summed E-state index contributed by atoms with van der Waals surface area (Å²) in [5, 5.41) is 4.90. The van der Waals surface area contributed by atoms with Gasteiger partial charge in [0, 0.05) is 21.6 Å². The molecule has 0 aromatic heterocycles. The van der Waals surface area contributed by atoms with Crippen molar-refractivity contribution in [2.24, 2.45) is 5.92 Å². The van der Waals surface area contributed by atoms with Crippen molar-refractivity contribution in [2.45, 2.75) is 18.7 Å². The second-order valence-corrected chi connectivity index (χ2v) is 6.56. The topological polar surface area (TPSA) is 84.2 Å². The van der Waals surface area contributed by atoms with Crippen LogP contribution in [0.15, 0.2) is 27.6 Å². The van der Waals surface area contributed by atoms with Crippen LogP contribution in [0.1, 0.15) is 13.8 Å². The molecule has 1 aromatic carbocycles. The molecular weight excluding hydrogens is 342 g/mol. The Bertz CT molecular complexity index is 495. The van der Waals surface area contributed by atoms with Gasteiger partial charge in [-0.05, 0) is 24.1 Å². The molecule has 1 aromatic rings. The number of thioether (sulfide) groups is 1. The second kappa shape index (κ2) is 8.16. The summed E-state index contributed by atoms with van der Waals surface area (Å²) in [5.74, 6) is 0.123. The highest BCUT2D eigenvalue weighted by atomic mass is 79.9. The van der Waals surface area contributed by atoms with E-state index >= 15 is 0 Å². The van der Waals surface area contributed by atoms with Crippen LogP contribution in [0.5, 0.6) is 0 Å². The Morgan fingerprint density at radius 1 is 1.40 bits per heavy atom. The molecule has 7 heteroatoms. The number of urea groups is 1. The molecular formula is C13H18BrN3O2S. The van der Waals surface area contributed by atoms with Crippen molar-refractivity contribution >= 4 is 45.3 Å². The van der Waals surface area contributed by atoms with Gasteiger partial charge in [-0.25, -0.2) is 4.79 Å². The van der Waals surface area contributed by atoms with Crippen LogP contribution in [-0.4, -0.2) is 24.2 Å². The molecule has 20 heavy (non-hydrogen) atoms. The predicted molar refractivity (Wildman–Crippen MR) is 85.7 cm³/mol. The number of anilines is 1. The van der Waals surface area contributed by atoms with Crippen LogP contribution in [0.4, 0.5) is 10.5 Å². The summed E-state index contributed by atoms with van der Waals surface area (Å²) in [4.78, 5) is 23.8. The van der Waals surface area contributed by atoms with E-state index in [1.807, 2.05) is 26.0 Å². The van der Waals surface area contributed by atoms with Crippen molar-refractivity contribution in [1.29, 1.82) is 0 Å². The molecule has 0 radical (unpaired) electrons. The number of carbonyl (C=O) groups is 2. The predicted octanol–water partition coefficient (Wildman–Crippen LogP) is 2.61. The Balaban J connectivity index is 2.39. The maximum Gasteiger partial charge on any atom is 0.321 e. The number of benzene rings is 1. The van der Waals surface area contributed by atoms with Crippen molar-refractivity contribution in [2.75, 3.05) is 18.0 Å². The fourth-order valence-corrected chi connectivity index (χ4v) is 2.60. The third kappa shape index (κ3) is 6.29. The number of hydrogen-bond donors (Lipinski definition) is 3. The number of carbonyl (C=O) groups excluding carboxylic acids is 2. The van der Waals surface area contributed by atoms with Crippen molar-refractivity contribution in [3.63, 3.8) is 0 Å². The zero-order valence-electron chi connectivity index (χ0n) is 11.4. The quantitative estimate of drug-likeness (QED) is 0.557. The Labute approximate surface area is 131 Å². The van der Waals surface area contributed by atoms with Crippen LogP contribution in [0, 0.1) is 5.92 Å². The van der Waals surface area contributed by atoms with Crippen LogP contribution >= 0.6 is 27.7 Å². The maximum atomic E-state index is 11.6. The minimum Gasteiger partial charge on any atom is -0.398 e. The molecule has 0 unspecified atom stereocenters. The van der Waals surface area contributed by atoms with E-state index in [1.54, 1.807) is 6.07 Å². The molecule has 0 aliphatic rings. The van der Waals surface area contributed by atoms with E-state index in [1.165, 1.54) is 11.8 Å². The molecule has 0 aliphatic carbocycles.